The number of halogens is 4. The van der Waals surface area contributed by atoms with E-state index >= 15 is 0 Å². The Labute approximate surface area is 143 Å². The Bertz CT molecular complexity index is 230. The molecule has 8 heteroatoms. The minimum atomic E-state index is -3.11. The Morgan fingerprint density at radius 1 is 0.750 bits per heavy atom. The Morgan fingerprint density at radius 2 is 0.850 bits per heavy atom. The molecule has 0 rings (SSSR count). The molecule has 0 aliphatic carbocycles. The quantitative estimate of drug-likeness (QED) is 0.448. The van der Waals surface area contributed by atoms with Gasteiger partial charge in [0.05, 0.1) is 38.3 Å². The van der Waals surface area contributed by atoms with Gasteiger partial charge in [0.15, 0.2) is 0 Å². The van der Waals surface area contributed by atoms with E-state index in [1.165, 1.54) is 44.5 Å². The molecule has 0 saturated carbocycles. The van der Waals surface area contributed by atoms with Crippen molar-refractivity contribution in [3.8, 4) is 12.1 Å². The monoisotopic (exact) mass is 400 g/mol. The summed E-state index contributed by atoms with van der Waals surface area (Å²) in [4.78, 5) is 0. The molecule has 0 amide bonds. The van der Waals surface area contributed by atoms with Crippen LogP contribution in [-0.2, 0) is 12.3 Å². The van der Waals surface area contributed by atoms with Crippen molar-refractivity contribution in [2.75, 3.05) is 26.2 Å². The van der Waals surface area contributed by atoms with E-state index in [9.17, 15) is 0 Å². The van der Waals surface area contributed by atoms with E-state index in [1.54, 1.807) is 12.1 Å². The molecule has 3 nitrogen and oxygen atoms in total. The van der Waals surface area contributed by atoms with Gasteiger partial charge in [-0.2, -0.15) is 10.5 Å². The molecule has 20 heavy (non-hydrogen) atoms. The van der Waals surface area contributed by atoms with E-state index in [2.05, 4.69) is 27.7 Å². The van der Waals surface area contributed by atoms with Crippen LogP contribution in [0.5, 0.6) is 0 Å². The van der Waals surface area contributed by atoms with Crippen LogP contribution in [0.1, 0.15) is 41.5 Å². The van der Waals surface area contributed by atoms with Crippen molar-refractivity contribution in [1.29, 1.82) is 10.5 Å². The van der Waals surface area contributed by atoms with Crippen LogP contribution in [0.4, 0.5) is 0 Å². The third-order valence-corrected chi connectivity index (χ3v) is 2.68. The van der Waals surface area contributed by atoms with Crippen LogP contribution in [0.2, 0.25) is 0 Å². The molecule has 0 spiro atoms. The van der Waals surface area contributed by atoms with Crippen LogP contribution in [0.15, 0.2) is 0 Å². The van der Waals surface area contributed by atoms with Gasteiger partial charge in [-0.05, 0) is 27.7 Å². The van der Waals surface area contributed by atoms with Crippen molar-refractivity contribution < 1.29 is 16.8 Å². The first-order valence-corrected chi connectivity index (χ1v) is 14.9. The second-order valence-corrected chi connectivity index (χ2v) is 19.0. The van der Waals surface area contributed by atoms with E-state index in [-0.39, 0.29) is 0 Å². The summed E-state index contributed by atoms with van der Waals surface area (Å²) in [6, 6.07) is 3.50. The molecular formula is C12H26Cl4N3Ti+. The molecule has 0 bridgehead atoms. The van der Waals surface area contributed by atoms with Crippen LogP contribution in [-0.4, -0.2) is 30.7 Å². The van der Waals surface area contributed by atoms with Crippen molar-refractivity contribution >= 4 is 37.2 Å². The third-order valence-electron chi connectivity index (χ3n) is 2.68. The van der Waals surface area contributed by atoms with Crippen molar-refractivity contribution in [2.45, 2.75) is 41.5 Å². The molecule has 0 radical (unpaired) electrons. The van der Waals surface area contributed by atoms with E-state index in [1.807, 2.05) is 0 Å². The maximum absolute atomic E-state index is 7.32. The van der Waals surface area contributed by atoms with Crippen molar-refractivity contribution in [3.63, 3.8) is 0 Å². The van der Waals surface area contributed by atoms with Crippen LogP contribution in [0, 0.1) is 22.7 Å². The molecule has 0 aromatic heterocycles. The zero-order valence-electron chi connectivity index (χ0n) is 13.2. The van der Waals surface area contributed by atoms with Crippen LogP contribution in [0.25, 0.3) is 0 Å². The number of nitrogens with zero attached hydrogens (tertiary/aromatic N) is 3. The molecule has 0 heterocycles. The molecule has 0 aromatic rings. The Balaban J connectivity index is -0.0000000983. The van der Waals surface area contributed by atoms with Gasteiger partial charge >= 0.3 is 49.6 Å². The number of hydrogen-bond donors (Lipinski definition) is 0. The number of nitriles is 2. The Morgan fingerprint density at radius 3 is 0.850 bits per heavy atom. The zero-order chi connectivity index (χ0) is 17.2. The van der Waals surface area contributed by atoms with Crippen molar-refractivity contribution in [1.82, 2.24) is 0 Å². The Kier molecular flexibility index (Phi) is 28.6. The Hall–Kier alpha value is 0.814. The summed E-state index contributed by atoms with van der Waals surface area (Å²) >= 11 is -3.11. The molecule has 0 saturated heterocycles. The predicted molar refractivity (Wildman–Crippen MR) is 88.4 cm³/mol. The van der Waals surface area contributed by atoms with E-state index in [0.29, 0.717) is 0 Å². The number of hydrogen-bond acceptors (Lipinski definition) is 2. The van der Waals surface area contributed by atoms with Gasteiger partial charge in [-0.25, -0.2) is 0 Å². The van der Waals surface area contributed by atoms with Gasteiger partial charge in [0.2, 0.25) is 0 Å². The summed E-state index contributed by atoms with van der Waals surface area (Å²) in [5.74, 6) is 0. The molecule has 0 unspecified atom stereocenters. The molecule has 0 fully saturated rings. The predicted octanol–water partition coefficient (Wildman–Crippen LogP) is 5.70. The number of quaternary nitrogens is 1. The third kappa shape index (κ3) is 36.4. The molecule has 0 atom stereocenters. The summed E-state index contributed by atoms with van der Waals surface area (Å²) < 4.78 is 1.28. The van der Waals surface area contributed by atoms with Gasteiger partial charge in [0, 0.05) is 13.8 Å². The average Bonchev–Trinajstić information content (AvgIpc) is 2.33. The fraction of sp³-hybridized carbons (Fsp3) is 0.833. The maximum atomic E-state index is 7.32. The average molecular weight is 402 g/mol. The van der Waals surface area contributed by atoms with E-state index in [4.69, 9.17) is 47.7 Å². The summed E-state index contributed by atoms with van der Waals surface area (Å²) in [6.45, 7) is 17.1. The van der Waals surface area contributed by atoms with Crippen molar-refractivity contribution in [2.24, 2.45) is 0 Å². The summed E-state index contributed by atoms with van der Waals surface area (Å²) in [7, 11) is 20.1. The van der Waals surface area contributed by atoms with Crippen molar-refractivity contribution in [3.05, 3.63) is 0 Å². The minimum absolute atomic E-state index is 1.28. The summed E-state index contributed by atoms with van der Waals surface area (Å²) in [5.41, 5.74) is 0. The first-order valence-electron chi connectivity index (χ1n) is 6.30. The van der Waals surface area contributed by atoms with Gasteiger partial charge < -0.3 is 4.48 Å². The van der Waals surface area contributed by atoms with E-state index in [0.717, 1.165) is 0 Å². The SMILES string of the molecule is CC#N.CC#N.CC[N+](CC)(CC)CC.[Cl][Ti]([Cl])([Cl])[Cl]. The van der Waals surface area contributed by atoms with Crippen LogP contribution >= 0.6 is 37.2 Å². The molecule has 0 aromatic carbocycles. The van der Waals surface area contributed by atoms with Gasteiger partial charge in [-0.1, -0.05) is 0 Å². The normalized spacial score (nSPS) is 9.20. The van der Waals surface area contributed by atoms with Gasteiger partial charge in [-0.15, -0.1) is 0 Å². The molecular weight excluding hydrogens is 376 g/mol. The zero-order valence-corrected chi connectivity index (χ0v) is 17.8. The molecule has 0 aliphatic rings. The fourth-order valence-corrected chi connectivity index (χ4v) is 1.34. The van der Waals surface area contributed by atoms with E-state index < -0.39 is 12.3 Å². The summed E-state index contributed by atoms with van der Waals surface area (Å²) in [6.07, 6.45) is 0. The second-order valence-electron chi connectivity index (χ2n) is 3.48. The summed E-state index contributed by atoms with van der Waals surface area (Å²) in [5, 5.41) is 14.6. The van der Waals surface area contributed by atoms with Gasteiger partial charge in [0.1, 0.15) is 0 Å². The van der Waals surface area contributed by atoms with Crippen LogP contribution in [0.3, 0.4) is 0 Å². The number of rotatable bonds is 4. The molecule has 0 aliphatic heterocycles. The van der Waals surface area contributed by atoms with Gasteiger partial charge in [0.25, 0.3) is 0 Å². The first kappa shape index (κ1) is 28.9. The van der Waals surface area contributed by atoms with Crippen LogP contribution < -0.4 is 0 Å². The first-order chi connectivity index (χ1) is 9.07. The van der Waals surface area contributed by atoms with Gasteiger partial charge in [-0.3, -0.25) is 0 Å². The second kappa shape index (κ2) is 19.8. The molecule has 120 valence electrons. The molecule has 0 N–H and O–H groups in total. The fourth-order valence-electron chi connectivity index (χ4n) is 1.34. The standard InChI is InChI=1S/C8H20N.2C2H3N.4ClH.Ti/c1-5-9(6-2,7-3)8-4;2*1-2-3;;;;;/h5-8H2,1-4H3;2*1H3;4*1H;/q+1;;;;;;;+4/p-4. The topological polar surface area (TPSA) is 47.6 Å².